The molecular formula is C25H23ClN4O2. The number of pyridine rings is 1. The predicted octanol–water partition coefficient (Wildman–Crippen LogP) is 4.92. The molecule has 7 heteroatoms. The first kappa shape index (κ1) is 20.5. The van der Waals surface area contributed by atoms with E-state index in [1.165, 1.54) is 5.56 Å². The number of furan rings is 1. The smallest absolute Gasteiger partial charge is 0.289 e. The number of aromatic nitrogens is 3. The standard InChI is InChI=1S/C25H23ClN4O2/c1-16-22-21(32-24(16)25(31)29(2)15-20-5-3-4-12-27-20)11-8-18-14-30(28-23(18)22)13-17-6-9-19(26)10-7-17/h3-7,9-10,12,14H,8,11,13,15H2,1-2H3. The second-order valence-electron chi connectivity index (χ2n) is 8.16. The van der Waals surface area contributed by atoms with E-state index in [1.807, 2.05) is 54.1 Å². The van der Waals surface area contributed by atoms with Crippen molar-refractivity contribution in [2.45, 2.75) is 32.9 Å². The van der Waals surface area contributed by atoms with Crippen molar-refractivity contribution in [1.82, 2.24) is 19.7 Å². The van der Waals surface area contributed by atoms with Crippen molar-refractivity contribution < 1.29 is 9.21 Å². The Bertz CT molecular complexity index is 1280. The van der Waals surface area contributed by atoms with Crippen molar-refractivity contribution in [3.05, 3.63) is 93.8 Å². The Balaban J connectivity index is 1.42. The van der Waals surface area contributed by atoms with E-state index in [2.05, 4.69) is 11.2 Å². The van der Waals surface area contributed by atoms with Crippen molar-refractivity contribution in [1.29, 1.82) is 0 Å². The number of rotatable bonds is 5. The molecule has 32 heavy (non-hydrogen) atoms. The van der Waals surface area contributed by atoms with Crippen LogP contribution in [-0.4, -0.2) is 32.6 Å². The first-order valence-electron chi connectivity index (χ1n) is 10.6. The van der Waals surface area contributed by atoms with Crippen LogP contribution in [0, 0.1) is 6.92 Å². The molecule has 3 heterocycles. The average molecular weight is 447 g/mol. The topological polar surface area (TPSA) is 64.2 Å². The third kappa shape index (κ3) is 3.82. The van der Waals surface area contributed by atoms with Gasteiger partial charge in [-0.15, -0.1) is 0 Å². The van der Waals surface area contributed by atoms with Crippen LogP contribution in [0.2, 0.25) is 5.02 Å². The third-order valence-electron chi connectivity index (χ3n) is 5.84. The highest BCUT2D eigenvalue weighted by molar-refractivity contribution is 6.30. The Hall–Kier alpha value is -3.38. The first-order valence-corrected chi connectivity index (χ1v) is 11.0. The van der Waals surface area contributed by atoms with Crippen molar-refractivity contribution in [3.63, 3.8) is 0 Å². The fourth-order valence-electron chi connectivity index (χ4n) is 4.21. The summed E-state index contributed by atoms with van der Waals surface area (Å²) in [6.45, 7) is 3.03. The van der Waals surface area contributed by atoms with E-state index < -0.39 is 0 Å². The Morgan fingerprint density at radius 2 is 2.00 bits per heavy atom. The maximum atomic E-state index is 13.1. The number of hydrogen-bond acceptors (Lipinski definition) is 4. The van der Waals surface area contributed by atoms with Crippen LogP contribution >= 0.6 is 11.6 Å². The molecule has 0 spiro atoms. The molecule has 0 aliphatic heterocycles. The third-order valence-corrected chi connectivity index (χ3v) is 6.09. The zero-order chi connectivity index (χ0) is 22.2. The van der Waals surface area contributed by atoms with Crippen LogP contribution in [0.3, 0.4) is 0 Å². The fraction of sp³-hybridized carbons (Fsp3) is 0.240. The molecule has 162 valence electrons. The number of carbonyl (C=O) groups is 1. The van der Waals surface area contributed by atoms with Crippen LogP contribution < -0.4 is 0 Å². The van der Waals surface area contributed by atoms with E-state index in [9.17, 15) is 4.79 Å². The minimum atomic E-state index is -0.148. The van der Waals surface area contributed by atoms with Crippen LogP contribution in [0.5, 0.6) is 0 Å². The monoisotopic (exact) mass is 446 g/mol. The summed E-state index contributed by atoms with van der Waals surface area (Å²) < 4.78 is 8.03. The number of fused-ring (bicyclic) bond motifs is 3. The molecular weight excluding hydrogens is 424 g/mol. The van der Waals surface area contributed by atoms with Gasteiger partial charge in [0.15, 0.2) is 5.76 Å². The Labute approximate surface area is 191 Å². The normalized spacial score (nSPS) is 12.3. The van der Waals surface area contributed by atoms with E-state index in [-0.39, 0.29) is 5.91 Å². The van der Waals surface area contributed by atoms with Crippen molar-refractivity contribution in [2.24, 2.45) is 0 Å². The van der Waals surface area contributed by atoms with E-state index in [0.29, 0.717) is 18.8 Å². The van der Waals surface area contributed by atoms with E-state index in [4.69, 9.17) is 21.1 Å². The summed E-state index contributed by atoms with van der Waals surface area (Å²) in [7, 11) is 1.77. The molecule has 0 N–H and O–H groups in total. The summed E-state index contributed by atoms with van der Waals surface area (Å²) in [6.07, 6.45) is 5.42. The summed E-state index contributed by atoms with van der Waals surface area (Å²) in [6, 6.07) is 13.5. The number of nitrogens with zero attached hydrogens (tertiary/aromatic N) is 4. The number of amides is 1. The molecule has 1 aliphatic rings. The summed E-state index contributed by atoms with van der Waals surface area (Å²) in [5.41, 5.74) is 5.85. The number of aryl methyl sites for hydroxylation is 2. The van der Waals surface area contributed by atoms with Gasteiger partial charge in [-0.05, 0) is 48.7 Å². The lowest BCUT2D eigenvalue weighted by Crippen LogP contribution is -2.26. The Kier molecular flexibility index (Phi) is 5.31. The van der Waals surface area contributed by atoms with Gasteiger partial charge in [0.05, 0.1) is 24.5 Å². The van der Waals surface area contributed by atoms with Crippen LogP contribution in [-0.2, 0) is 25.9 Å². The largest absolute Gasteiger partial charge is 0.455 e. The first-order chi connectivity index (χ1) is 15.5. The van der Waals surface area contributed by atoms with Gasteiger partial charge in [0.25, 0.3) is 5.91 Å². The van der Waals surface area contributed by atoms with Gasteiger partial charge >= 0.3 is 0 Å². The molecule has 0 saturated carbocycles. The summed E-state index contributed by atoms with van der Waals surface area (Å²) >= 11 is 6.00. The van der Waals surface area contributed by atoms with Gasteiger partial charge in [-0.2, -0.15) is 5.10 Å². The van der Waals surface area contributed by atoms with Gasteiger partial charge in [-0.1, -0.05) is 29.8 Å². The second kappa shape index (κ2) is 8.28. The van der Waals surface area contributed by atoms with Gasteiger partial charge in [-0.3, -0.25) is 14.5 Å². The van der Waals surface area contributed by atoms with Gasteiger partial charge in [-0.25, -0.2) is 0 Å². The number of halogens is 1. The minimum absolute atomic E-state index is 0.148. The predicted molar refractivity (Wildman–Crippen MR) is 123 cm³/mol. The Morgan fingerprint density at radius 1 is 1.19 bits per heavy atom. The molecule has 1 aliphatic carbocycles. The van der Waals surface area contributed by atoms with Crippen LogP contribution in [0.4, 0.5) is 0 Å². The van der Waals surface area contributed by atoms with Gasteiger partial charge in [0.2, 0.25) is 0 Å². The molecule has 0 unspecified atom stereocenters. The fourth-order valence-corrected chi connectivity index (χ4v) is 4.33. The van der Waals surface area contributed by atoms with E-state index in [1.54, 1.807) is 18.1 Å². The molecule has 1 aromatic carbocycles. The lowest BCUT2D eigenvalue weighted by Gasteiger charge is -2.15. The molecule has 3 aromatic heterocycles. The van der Waals surface area contributed by atoms with E-state index in [0.717, 1.165) is 51.7 Å². The van der Waals surface area contributed by atoms with Gasteiger partial charge in [0, 0.05) is 42.0 Å². The van der Waals surface area contributed by atoms with Gasteiger partial charge in [0.1, 0.15) is 5.76 Å². The summed E-state index contributed by atoms with van der Waals surface area (Å²) in [4.78, 5) is 19.1. The molecule has 0 atom stereocenters. The maximum absolute atomic E-state index is 13.1. The molecule has 1 amide bonds. The highest BCUT2D eigenvalue weighted by Gasteiger charge is 2.30. The second-order valence-corrected chi connectivity index (χ2v) is 8.60. The van der Waals surface area contributed by atoms with Crippen LogP contribution in [0.15, 0.2) is 59.3 Å². The minimum Gasteiger partial charge on any atom is -0.455 e. The lowest BCUT2D eigenvalue weighted by molar-refractivity contribution is 0.0749. The number of carbonyl (C=O) groups excluding carboxylic acids is 1. The zero-order valence-corrected chi connectivity index (χ0v) is 18.8. The average Bonchev–Trinajstić information content (AvgIpc) is 3.35. The number of benzene rings is 1. The molecule has 4 aromatic rings. The van der Waals surface area contributed by atoms with Crippen molar-refractivity contribution in [3.8, 4) is 11.3 Å². The lowest BCUT2D eigenvalue weighted by atomic mass is 9.93. The summed E-state index contributed by atoms with van der Waals surface area (Å²) in [5, 5.41) is 5.56. The molecule has 5 rings (SSSR count). The highest BCUT2D eigenvalue weighted by atomic mass is 35.5. The molecule has 0 radical (unpaired) electrons. The zero-order valence-electron chi connectivity index (χ0n) is 18.0. The molecule has 6 nitrogen and oxygen atoms in total. The van der Waals surface area contributed by atoms with E-state index >= 15 is 0 Å². The van der Waals surface area contributed by atoms with Crippen LogP contribution in [0.1, 0.15) is 38.7 Å². The Morgan fingerprint density at radius 3 is 2.75 bits per heavy atom. The quantitative estimate of drug-likeness (QED) is 0.436. The van der Waals surface area contributed by atoms with Crippen LogP contribution in [0.25, 0.3) is 11.3 Å². The maximum Gasteiger partial charge on any atom is 0.289 e. The highest BCUT2D eigenvalue weighted by Crippen LogP contribution is 2.38. The van der Waals surface area contributed by atoms with Gasteiger partial charge < -0.3 is 9.32 Å². The van der Waals surface area contributed by atoms with Crippen molar-refractivity contribution in [2.75, 3.05) is 7.05 Å². The molecule has 0 bridgehead atoms. The SMILES string of the molecule is Cc1c(C(=O)N(C)Cc2ccccn2)oc2c1-c1nn(Cc3ccc(Cl)cc3)cc1CC2. The molecule has 0 saturated heterocycles. The molecule has 0 fully saturated rings. The summed E-state index contributed by atoms with van der Waals surface area (Å²) in [5.74, 6) is 1.07. The number of hydrogen-bond donors (Lipinski definition) is 0. The van der Waals surface area contributed by atoms with Crippen molar-refractivity contribution >= 4 is 17.5 Å².